The summed E-state index contributed by atoms with van der Waals surface area (Å²) in [7, 11) is 0. The Labute approximate surface area is 114 Å². The molecule has 19 heavy (non-hydrogen) atoms. The van der Waals surface area contributed by atoms with Crippen molar-refractivity contribution in [2.45, 2.75) is 33.6 Å². The predicted octanol–water partition coefficient (Wildman–Crippen LogP) is 1.77. The topological polar surface area (TPSA) is 86.2 Å². The van der Waals surface area contributed by atoms with Gasteiger partial charge in [-0.3, -0.25) is 9.59 Å². The average Bonchev–Trinajstić information content (AvgIpc) is 2.31. The van der Waals surface area contributed by atoms with E-state index >= 15 is 0 Å². The van der Waals surface area contributed by atoms with Crippen LogP contribution >= 0.6 is 0 Å². The largest absolute Gasteiger partial charge is 0.402 e. The Kier molecular flexibility index (Phi) is 7.93. The molecule has 0 atom stereocenters. The lowest BCUT2D eigenvalue weighted by Gasteiger charge is -2.08. The van der Waals surface area contributed by atoms with Crippen LogP contribution in [0.15, 0.2) is 30.0 Å². The first-order valence-corrected chi connectivity index (χ1v) is 6.09. The average molecular weight is 262 g/mol. The number of benzene rings is 1. The SMILES string of the molecule is CC(=O)/C=C(\N)CCc1cccc(C)c1C.NC=O. The number of hydrogen-bond acceptors (Lipinski definition) is 3. The summed E-state index contributed by atoms with van der Waals surface area (Å²) in [6, 6.07) is 6.28. The van der Waals surface area contributed by atoms with Crippen molar-refractivity contribution in [1.29, 1.82) is 0 Å². The molecule has 4 nitrogen and oxygen atoms in total. The smallest absolute Gasteiger partial charge is 0.204 e. The molecule has 0 aliphatic rings. The van der Waals surface area contributed by atoms with Crippen molar-refractivity contribution in [2.75, 3.05) is 0 Å². The van der Waals surface area contributed by atoms with Crippen LogP contribution in [0.25, 0.3) is 0 Å². The van der Waals surface area contributed by atoms with Crippen LogP contribution in [-0.2, 0) is 16.0 Å². The van der Waals surface area contributed by atoms with Crippen LogP contribution in [0.5, 0.6) is 0 Å². The molecule has 0 heterocycles. The summed E-state index contributed by atoms with van der Waals surface area (Å²) in [5, 5.41) is 0. The first kappa shape index (κ1) is 16.9. The molecule has 0 aliphatic carbocycles. The molecule has 4 heteroatoms. The number of aryl methyl sites for hydroxylation is 2. The number of amides is 1. The maximum Gasteiger partial charge on any atom is 0.204 e. The summed E-state index contributed by atoms with van der Waals surface area (Å²) in [6.07, 6.45) is 3.39. The van der Waals surface area contributed by atoms with E-state index in [0.717, 1.165) is 12.8 Å². The summed E-state index contributed by atoms with van der Waals surface area (Å²) in [4.78, 5) is 19.4. The Bertz CT molecular complexity index is 465. The van der Waals surface area contributed by atoms with Crippen molar-refractivity contribution >= 4 is 12.2 Å². The number of hydrogen-bond donors (Lipinski definition) is 2. The van der Waals surface area contributed by atoms with Crippen LogP contribution < -0.4 is 11.5 Å². The highest BCUT2D eigenvalue weighted by Crippen LogP contribution is 2.15. The first-order chi connectivity index (χ1) is 8.92. The van der Waals surface area contributed by atoms with Gasteiger partial charge in [0.05, 0.1) is 0 Å². The van der Waals surface area contributed by atoms with Gasteiger partial charge in [-0.1, -0.05) is 18.2 Å². The highest BCUT2D eigenvalue weighted by atomic mass is 16.1. The number of primary amides is 1. The van der Waals surface area contributed by atoms with E-state index in [-0.39, 0.29) is 12.2 Å². The quantitative estimate of drug-likeness (QED) is 0.640. The minimum Gasteiger partial charge on any atom is -0.402 e. The summed E-state index contributed by atoms with van der Waals surface area (Å²) in [6.45, 7) is 5.74. The van der Waals surface area contributed by atoms with Gasteiger partial charge in [0, 0.05) is 5.70 Å². The zero-order chi connectivity index (χ0) is 14.8. The van der Waals surface area contributed by atoms with Crippen molar-refractivity contribution in [3.8, 4) is 0 Å². The number of ketones is 1. The Hall–Kier alpha value is -2.10. The van der Waals surface area contributed by atoms with E-state index in [2.05, 4.69) is 37.8 Å². The fraction of sp³-hybridized carbons (Fsp3) is 0.333. The zero-order valence-corrected chi connectivity index (χ0v) is 11.8. The highest BCUT2D eigenvalue weighted by molar-refractivity contribution is 5.87. The molecule has 1 aromatic rings. The molecule has 1 aromatic carbocycles. The number of carbonyl (C=O) groups excluding carboxylic acids is 2. The summed E-state index contributed by atoms with van der Waals surface area (Å²) < 4.78 is 0. The van der Waals surface area contributed by atoms with Gasteiger partial charge in [-0.2, -0.15) is 0 Å². The van der Waals surface area contributed by atoms with Crippen molar-refractivity contribution in [1.82, 2.24) is 0 Å². The molecule has 1 rings (SSSR count). The van der Waals surface area contributed by atoms with E-state index in [0.29, 0.717) is 5.70 Å². The molecule has 0 aromatic heterocycles. The second-order valence-corrected chi connectivity index (χ2v) is 4.33. The Balaban J connectivity index is 0.000000982. The van der Waals surface area contributed by atoms with Crippen LogP contribution in [0.3, 0.4) is 0 Å². The summed E-state index contributed by atoms with van der Waals surface area (Å²) in [5.41, 5.74) is 14.5. The molecule has 4 N–H and O–H groups in total. The third-order valence-corrected chi connectivity index (χ3v) is 2.79. The van der Waals surface area contributed by atoms with Gasteiger partial charge in [0.1, 0.15) is 0 Å². The molecule has 0 unspecified atom stereocenters. The molecular weight excluding hydrogens is 240 g/mol. The molecule has 1 amide bonds. The van der Waals surface area contributed by atoms with Gasteiger partial charge >= 0.3 is 0 Å². The monoisotopic (exact) mass is 262 g/mol. The van der Waals surface area contributed by atoms with Crippen molar-refractivity contribution < 1.29 is 9.59 Å². The molecule has 0 bridgehead atoms. The second kappa shape index (κ2) is 8.91. The van der Waals surface area contributed by atoms with E-state index in [1.807, 2.05) is 0 Å². The van der Waals surface area contributed by atoms with Gasteiger partial charge in [-0.15, -0.1) is 0 Å². The molecular formula is C15H22N2O2. The molecule has 104 valence electrons. The maximum atomic E-state index is 10.8. The van der Waals surface area contributed by atoms with Gasteiger partial charge in [0.25, 0.3) is 0 Å². The number of nitrogens with two attached hydrogens (primary N) is 2. The normalized spacial score (nSPS) is 10.4. The van der Waals surface area contributed by atoms with Gasteiger partial charge in [0.15, 0.2) is 5.78 Å². The molecule has 0 aliphatic heterocycles. The van der Waals surface area contributed by atoms with Crippen LogP contribution in [0, 0.1) is 13.8 Å². The van der Waals surface area contributed by atoms with E-state index in [4.69, 9.17) is 10.5 Å². The number of carbonyl (C=O) groups is 2. The fourth-order valence-electron chi connectivity index (χ4n) is 1.69. The summed E-state index contributed by atoms with van der Waals surface area (Å²) in [5.74, 6) is 0.0125. The second-order valence-electron chi connectivity index (χ2n) is 4.33. The van der Waals surface area contributed by atoms with E-state index in [1.165, 1.54) is 29.7 Å². The molecule has 0 radical (unpaired) electrons. The number of rotatable bonds is 4. The van der Waals surface area contributed by atoms with E-state index < -0.39 is 0 Å². The van der Waals surface area contributed by atoms with Crippen LogP contribution in [0.4, 0.5) is 0 Å². The Morgan fingerprint density at radius 1 is 1.32 bits per heavy atom. The lowest BCUT2D eigenvalue weighted by Crippen LogP contribution is -2.03. The van der Waals surface area contributed by atoms with Crippen LogP contribution in [0.1, 0.15) is 30.0 Å². The lowest BCUT2D eigenvalue weighted by molar-refractivity contribution is -0.112. The standard InChI is InChI=1S/C14H19NO.CH3NO/c1-10-5-4-6-13(12(10)3)7-8-14(15)9-11(2)16;2-1-3/h4-6,9H,7-8,15H2,1-3H3;1H,(H2,2,3)/b14-9-;. The minimum absolute atomic E-state index is 0.0125. The molecule has 0 saturated carbocycles. The van der Waals surface area contributed by atoms with Gasteiger partial charge in [-0.05, 0) is 56.4 Å². The van der Waals surface area contributed by atoms with Gasteiger partial charge in [-0.25, -0.2) is 0 Å². The fourth-order valence-corrected chi connectivity index (χ4v) is 1.69. The molecule has 0 spiro atoms. The maximum absolute atomic E-state index is 10.8. The number of allylic oxidation sites excluding steroid dienone is 2. The van der Waals surface area contributed by atoms with E-state index in [9.17, 15) is 4.79 Å². The third-order valence-electron chi connectivity index (χ3n) is 2.79. The van der Waals surface area contributed by atoms with Crippen LogP contribution in [0.2, 0.25) is 0 Å². The van der Waals surface area contributed by atoms with Gasteiger partial charge < -0.3 is 11.5 Å². The third kappa shape index (κ3) is 7.03. The molecule has 0 fully saturated rings. The Morgan fingerprint density at radius 2 is 1.89 bits per heavy atom. The zero-order valence-electron chi connectivity index (χ0n) is 11.8. The van der Waals surface area contributed by atoms with Crippen molar-refractivity contribution in [2.24, 2.45) is 11.5 Å². The van der Waals surface area contributed by atoms with Crippen LogP contribution in [-0.4, -0.2) is 12.2 Å². The molecule has 0 saturated heterocycles. The van der Waals surface area contributed by atoms with Crippen molar-refractivity contribution in [3.05, 3.63) is 46.7 Å². The first-order valence-electron chi connectivity index (χ1n) is 6.09. The Morgan fingerprint density at radius 3 is 2.42 bits per heavy atom. The predicted molar refractivity (Wildman–Crippen MR) is 77.4 cm³/mol. The minimum atomic E-state index is 0.0125. The van der Waals surface area contributed by atoms with Crippen molar-refractivity contribution in [3.63, 3.8) is 0 Å². The van der Waals surface area contributed by atoms with E-state index in [1.54, 1.807) is 0 Å². The van der Waals surface area contributed by atoms with Gasteiger partial charge in [0.2, 0.25) is 6.41 Å². The lowest BCUT2D eigenvalue weighted by atomic mass is 9.99. The highest BCUT2D eigenvalue weighted by Gasteiger charge is 2.01. The summed E-state index contributed by atoms with van der Waals surface area (Å²) >= 11 is 0.